The lowest BCUT2D eigenvalue weighted by Gasteiger charge is -2.23. The van der Waals surface area contributed by atoms with E-state index in [1.54, 1.807) is 0 Å². The van der Waals surface area contributed by atoms with Gasteiger partial charge in [-0.25, -0.2) is 0 Å². The van der Waals surface area contributed by atoms with E-state index in [1.165, 1.54) is 25.8 Å². The standard InChI is InChI=1S/C10H16N2/c1-2-6-11-10(5-1)9-12-7-3-4-8-12/h3-4,7-8,10-11H,1-2,5-6,9H2/t10-/m0/s1. The van der Waals surface area contributed by atoms with Crippen LogP contribution < -0.4 is 5.32 Å². The molecule has 66 valence electrons. The van der Waals surface area contributed by atoms with Crippen molar-refractivity contribution in [1.82, 2.24) is 9.88 Å². The van der Waals surface area contributed by atoms with E-state index in [4.69, 9.17) is 0 Å². The maximum Gasteiger partial charge on any atom is 0.0373 e. The fraction of sp³-hybridized carbons (Fsp3) is 0.600. The van der Waals surface area contributed by atoms with E-state index in [0.29, 0.717) is 6.04 Å². The molecule has 2 nitrogen and oxygen atoms in total. The summed E-state index contributed by atoms with van der Waals surface area (Å²) < 4.78 is 2.25. The Morgan fingerprint density at radius 3 is 2.75 bits per heavy atom. The Kier molecular flexibility index (Phi) is 2.47. The first-order chi connectivity index (χ1) is 5.95. The third-order valence-electron chi connectivity index (χ3n) is 2.51. The van der Waals surface area contributed by atoms with Crippen molar-refractivity contribution in [3.05, 3.63) is 24.5 Å². The Hall–Kier alpha value is -0.760. The number of aromatic nitrogens is 1. The number of rotatable bonds is 2. The summed E-state index contributed by atoms with van der Waals surface area (Å²) >= 11 is 0. The fourth-order valence-corrected chi connectivity index (χ4v) is 1.83. The second-order valence-electron chi connectivity index (χ2n) is 3.53. The average molecular weight is 164 g/mol. The molecule has 0 aliphatic carbocycles. The summed E-state index contributed by atoms with van der Waals surface area (Å²) in [5.41, 5.74) is 0. The van der Waals surface area contributed by atoms with Gasteiger partial charge in [0.25, 0.3) is 0 Å². The smallest absolute Gasteiger partial charge is 0.0373 e. The van der Waals surface area contributed by atoms with E-state index in [-0.39, 0.29) is 0 Å². The monoisotopic (exact) mass is 164 g/mol. The van der Waals surface area contributed by atoms with Gasteiger partial charge >= 0.3 is 0 Å². The van der Waals surface area contributed by atoms with Crippen LogP contribution >= 0.6 is 0 Å². The molecule has 2 rings (SSSR count). The lowest BCUT2D eigenvalue weighted by molar-refractivity contribution is 0.363. The van der Waals surface area contributed by atoms with Crippen molar-refractivity contribution >= 4 is 0 Å². The van der Waals surface area contributed by atoms with Crippen LogP contribution in [0.15, 0.2) is 24.5 Å². The van der Waals surface area contributed by atoms with Crippen LogP contribution in [0.3, 0.4) is 0 Å². The summed E-state index contributed by atoms with van der Waals surface area (Å²) in [6, 6.07) is 4.87. The Labute approximate surface area is 73.6 Å². The first-order valence-corrected chi connectivity index (χ1v) is 4.79. The average Bonchev–Trinajstić information content (AvgIpc) is 2.59. The molecule has 1 saturated heterocycles. The molecule has 0 saturated carbocycles. The molecule has 1 aromatic heterocycles. The van der Waals surface area contributed by atoms with Crippen LogP contribution in [-0.4, -0.2) is 17.2 Å². The highest BCUT2D eigenvalue weighted by molar-refractivity contribution is 4.91. The maximum absolute atomic E-state index is 3.54. The molecule has 2 heteroatoms. The summed E-state index contributed by atoms with van der Waals surface area (Å²) in [7, 11) is 0. The largest absolute Gasteiger partial charge is 0.353 e. The molecule has 0 bridgehead atoms. The third kappa shape index (κ3) is 1.89. The van der Waals surface area contributed by atoms with Crippen molar-refractivity contribution < 1.29 is 0 Å². The summed E-state index contributed by atoms with van der Waals surface area (Å²) in [5.74, 6) is 0. The van der Waals surface area contributed by atoms with Gasteiger partial charge in [0.1, 0.15) is 0 Å². The fourth-order valence-electron chi connectivity index (χ4n) is 1.83. The van der Waals surface area contributed by atoms with Crippen LogP contribution in [0, 0.1) is 0 Å². The molecule has 0 radical (unpaired) electrons. The zero-order chi connectivity index (χ0) is 8.23. The lowest BCUT2D eigenvalue weighted by atomic mass is 10.1. The van der Waals surface area contributed by atoms with Crippen LogP contribution in [0.25, 0.3) is 0 Å². The molecular weight excluding hydrogens is 148 g/mol. The zero-order valence-corrected chi connectivity index (χ0v) is 7.37. The van der Waals surface area contributed by atoms with Gasteiger partial charge in [-0.15, -0.1) is 0 Å². The molecule has 1 aliphatic rings. The van der Waals surface area contributed by atoms with Crippen LogP contribution in [0.2, 0.25) is 0 Å². The van der Waals surface area contributed by atoms with Gasteiger partial charge in [-0.05, 0) is 31.5 Å². The van der Waals surface area contributed by atoms with Crippen LogP contribution in [0.5, 0.6) is 0 Å². The summed E-state index contributed by atoms with van der Waals surface area (Å²) in [6.07, 6.45) is 8.34. The molecule has 1 atom stereocenters. The van der Waals surface area contributed by atoms with Crippen LogP contribution in [0.4, 0.5) is 0 Å². The van der Waals surface area contributed by atoms with Gasteiger partial charge in [-0.2, -0.15) is 0 Å². The van der Waals surface area contributed by atoms with Crippen LogP contribution in [0.1, 0.15) is 19.3 Å². The van der Waals surface area contributed by atoms with Crippen LogP contribution in [-0.2, 0) is 6.54 Å². The molecule has 12 heavy (non-hydrogen) atoms. The van der Waals surface area contributed by atoms with Gasteiger partial charge in [0.05, 0.1) is 0 Å². The molecule has 0 unspecified atom stereocenters. The van der Waals surface area contributed by atoms with Gasteiger partial charge in [-0.3, -0.25) is 0 Å². The number of hydrogen-bond donors (Lipinski definition) is 1. The van der Waals surface area contributed by atoms with Gasteiger partial charge in [-0.1, -0.05) is 6.42 Å². The molecule has 0 amide bonds. The zero-order valence-electron chi connectivity index (χ0n) is 7.37. The Balaban J connectivity index is 1.86. The van der Waals surface area contributed by atoms with E-state index in [1.807, 2.05) is 0 Å². The Morgan fingerprint density at radius 1 is 1.25 bits per heavy atom. The molecule has 1 fully saturated rings. The third-order valence-corrected chi connectivity index (χ3v) is 2.51. The number of nitrogens with zero attached hydrogens (tertiary/aromatic N) is 1. The van der Waals surface area contributed by atoms with E-state index in [9.17, 15) is 0 Å². The summed E-state index contributed by atoms with van der Waals surface area (Å²) in [5, 5.41) is 3.54. The van der Waals surface area contributed by atoms with E-state index in [0.717, 1.165) is 6.54 Å². The van der Waals surface area contributed by atoms with E-state index < -0.39 is 0 Å². The van der Waals surface area contributed by atoms with Gasteiger partial charge in [0.15, 0.2) is 0 Å². The van der Waals surface area contributed by atoms with Gasteiger partial charge in [0.2, 0.25) is 0 Å². The second kappa shape index (κ2) is 3.76. The highest BCUT2D eigenvalue weighted by Gasteiger charge is 2.11. The number of nitrogens with one attached hydrogen (secondary N) is 1. The van der Waals surface area contributed by atoms with Crippen molar-refractivity contribution in [3.63, 3.8) is 0 Å². The Morgan fingerprint density at radius 2 is 2.08 bits per heavy atom. The van der Waals surface area contributed by atoms with Crippen molar-refractivity contribution in [1.29, 1.82) is 0 Å². The molecule has 1 aromatic rings. The Bertz CT molecular complexity index is 210. The molecule has 1 aliphatic heterocycles. The first-order valence-electron chi connectivity index (χ1n) is 4.79. The first kappa shape index (κ1) is 7.87. The van der Waals surface area contributed by atoms with Gasteiger partial charge in [0, 0.05) is 25.0 Å². The predicted octanol–water partition coefficient (Wildman–Crippen LogP) is 1.63. The quantitative estimate of drug-likeness (QED) is 0.703. The minimum Gasteiger partial charge on any atom is -0.353 e. The normalized spacial score (nSPS) is 24.2. The highest BCUT2D eigenvalue weighted by Crippen LogP contribution is 2.08. The van der Waals surface area contributed by atoms with Crippen molar-refractivity contribution in [2.24, 2.45) is 0 Å². The minimum absolute atomic E-state index is 0.700. The van der Waals surface area contributed by atoms with Crippen molar-refractivity contribution in [2.75, 3.05) is 6.54 Å². The summed E-state index contributed by atoms with van der Waals surface area (Å²) in [4.78, 5) is 0. The van der Waals surface area contributed by atoms with E-state index >= 15 is 0 Å². The topological polar surface area (TPSA) is 17.0 Å². The molecule has 1 N–H and O–H groups in total. The summed E-state index contributed by atoms with van der Waals surface area (Å²) in [6.45, 7) is 2.33. The molecule has 2 heterocycles. The lowest BCUT2D eigenvalue weighted by Crippen LogP contribution is -2.36. The number of piperidine rings is 1. The molecule has 0 aromatic carbocycles. The second-order valence-corrected chi connectivity index (χ2v) is 3.53. The SMILES string of the molecule is c1ccn(C[C@@H]2CCCCN2)c1. The van der Waals surface area contributed by atoms with Crippen molar-refractivity contribution in [3.8, 4) is 0 Å². The van der Waals surface area contributed by atoms with Gasteiger partial charge < -0.3 is 9.88 Å². The van der Waals surface area contributed by atoms with E-state index in [2.05, 4.69) is 34.4 Å². The number of hydrogen-bond acceptors (Lipinski definition) is 1. The maximum atomic E-state index is 3.54. The minimum atomic E-state index is 0.700. The van der Waals surface area contributed by atoms with Crippen molar-refractivity contribution in [2.45, 2.75) is 31.8 Å². The predicted molar refractivity (Wildman–Crippen MR) is 50.1 cm³/mol. The molecule has 0 spiro atoms. The molecular formula is C10H16N2. The highest BCUT2D eigenvalue weighted by atomic mass is 15.0.